The molecule has 0 unspecified atom stereocenters. The summed E-state index contributed by atoms with van der Waals surface area (Å²) in [6.07, 6.45) is 0.0470. The van der Waals surface area contributed by atoms with Gasteiger partial charge in [0.25, 0.3) is 0 Å². The van der Waals surface area contributed by atoms with Crippen molar-refractivity contribution < 1.29 is 9.53 Å². The van der Waals surface area contributed by atoms with Gasteiger partial charge in [0.2, 0.25) is 5.91 Å². The van der Waals surface area contributed by atoms with Crippen molar-refractivity contribution in [3.63, 3.8) is 0 Å². The van der Waals surface area contributed by atoms with Gasteiger partial charge in [-0.05, 0) is 6.07 Å². The Morgan fingerprint density at radius 3 is 3.09 bits per heavy atom. The molecule has 118 valence electrons. The highest BCUT2D eigenvalue weighted by molar-refractivity contribution is 7.19. The second-order valence-electron chi connectivity index (χ2n) is 5.50. The maximum absolute atomic E-state index is 11.0. The molecule has 1 aromatic carbocycles. The summed E-state index contributed by atoms with van der Waals surface area (Å²) in [4.78, 5) is 14.5. The Morgan fingerprint density at radius 1 is 1.50 bits per heavy atom. The number of ether oxygens (including phenoxy) is 1. The number of fused-ring (bicyclic) bond motifs is 1. The molecule has 1 fully saturated rings. The predicted octanol–water partition coefficient (Wildman–Crippen LogP) is 2.89. The van der Waals surface area contributed by atoms with Crippen LogP contribution in [0.1, 0.15) is 11.8 Å². The standard InChI is InChI=1S/C16H19ClN2O2S/c1-11(20)18-8-12-9-19(6-7-21-12)10-15-16(17)13-4-2-3-5-14(13)22-15/h2-5,12H,6-10H2,1H3,(H,18,20)/t12-/m0/s1. The Bertz CT molecular complexity index is 673. The number of hydrogen-bond acceptors (Lipinski definition) is 4. The lowest BCUT2D eigenvalue weighted by Crippen LogP contribution is -2.46. The van der Waals surface area contributed by atoms with E-state index in [1.54, 1.807) is 11.3 Å². The lowest BCUT2D eigenvalue weighted by Gasteiger charge is -2.32. The molecule has 2 heterocycles. The molecule has 0 bridgehead atoms. The monoisotopic (exact) mass is 338 g/mol. The first-order valence-corrected chi connectivity index (χ1v) is 8.57. The number of nitrogens with zero attached hydrogens (tertiary/aromatic N) is 1. The van der Waals surface area contributed by atoms with Gasteiger partial charge < -0.3 is 10.1 Å². The Hall–Kier alpha value is -1.14. The summed E-state index contributed by atoms with van der Waals surface area (Å²) in [5, 5.41) is 4.82. The summed E-state index contributed by atoms with van der Waals surface area (Å²) < 4.78 is 6.93. The Kier molecular flexibility index (Phi) is 4.98. The largest absolute Gasteiger partial charge is 0.374 e. The molecule has 0 spiro atoms. The maximum atomic E-state index is 11.0. The van der Waals surface area contributed by atoms with E-state index >= 15 is 0 Å². The van der Waals surface area contributed by atoms with Crippen LogP contribution in [0, 0.1) is 0 Å². The fourth-order valence-electron chi connectivity index (χ4n) is 2.67. The normalized spacial score (nSPS) is 19.5. The van der Waals surface area contributed by atoms with Crippen molar-refractivity contribution in [2.24, 2.45) is 0 Å². The molecule has 0 saturated carbocycles. The Balaban J connectivity index is 1.66. The number of carbonyl (C=O) groups is 1. The van der Waals surface area contributed by atoms with Gasteiger partial charge in [-0.1, -0.05) is 29.8 Å². The minimum absolute atomic E-state index is 0.0201. The van der Waals surface area contributed by atoms with E-state index in [4.69, 9.17) is 16.3 Å². The maximum Gasteiger partial charge on any atom is 0.216 e. The van der Waals surface area contributed by atoms with E-state index in [-0.39, 0.29) is 12.0 Å². The Morgan fingerprint density at radius 2 is 2.32 bits per heavy atom. The number of thiophene rings is 1. The summed E-state index contributed by atoms with van der Waals surface area (Å²) in [5.41, 5.74) is 0. The number of rotatable bonds is 4. The van der Waals surface area contributed by atoms with Gasteiger partial charge in [0.05, 0.1) is 17.7 Å². The zero-order valence-electron chi connectivity index (χ0n) is 12.5. The molecule has 4 nitrogen and oxygen atoms in total. The summed E-state index contributed by atoms with van der Waals surface area (Å²) >= 11 is 8.26. The summed E-state index contributed by atoms with van der Waals surface area (Å²) in [5.74, 6) is -0.0201. The predicted molar refractivity (Wildman–Crippen MR) is 90.5 cm³/mol. The third kappa shape index (κ3) is 3.60. The highest BCUT2D eigenvalue weighted by atomic mass is 35.5. The van der Waals surface area contributed by atoms with Crippen molar-refractivity contribution in [1.29, 1.82) is 0 Å². The summed E-state index contributed by atoms with van der Waals surface area (Å²) in [7, 11) is 0. The van der Waals surface area contributed by atoms with Crippen LogP contribution < -0.4 is 5.32 Å². The first-order valence-electron chi connectivity index (χ1n) is 7.38. The number of hydrogen-bond donors (Lipinski definition) is 1. The van der Waals surface area contributed by atoms with E-state index < -0.39 is 0 Å². The number of carbonyl (C=O) groups excluding carboxylic acids is 1. The van der Waals surface area contributed by atoms with Gasteiger partial charge >= 0.3 is 0 Å². The molecule has 6 heteroatoms. The first kappa shape index (κ1) is 15.7. The third-order valence-electron chi connectivity index (χ3n) is 3.77. The van der Waals surface area contributed by atoms with Gasteiger partial charge in [-0.25, -0.2) is 0 Å². The van der Waals surface area contributed by atoms with Crippen molar-refractivity contribution in [3.05, 3.63) is 34.2 Å². The van der Waals surface area contributed by atoms with E-state index in [0.717, 1.165) is 30.0 Å². The van der Waals surface area contributed by atoms with E-state index in [2.05, 4.69) is 22.3 Å². The molecule has 0 radical (unpaired) electrons. The van der Waals surface area contributed by atoms with E-state index in [0.29, 0.717) is 13.2 Å². The molecule has 1 aliphatic heterocycles. The van der Waals surface area contributed by atoms with Crippen LogP contribution in [0.3, 0.4) is 0 Å². The fraction of sp³-hybridized carbons (Fsp3) is 0.438. The SMILES string of the molecule is CC(=O)NC[C@H]1CN(Cc2sc3ccccc3c2Cl)CCO1. The second kappa shape index (κ2) is 6.96. The van der Waals surface area contributed by atoms with Gasteiger partial charge in [-0.3, -0.25) is 9.69 Å². The lowest BCUT2D eigenvalue weighted by atomic mass is 10.2. The number of nitrogens with one attached hydrogen (secondary N) is 1. The minimum Gasteiger partial charge on any atom is -0.374 e. The smallest absolute Gasteiger partial charge is 0.216 e. The molecular formula is C16H19ClN2O2S. The van der Waals surface area contributed by atoms with Crippen LogP contribution in [-0.2, 0) is 16.1 Å². The van der Waals surface area contributed by atoms with Gasteiger partial charge in [0.15, 0.2) is 0 Å². The molecule has 1 amide bonds. The van der Waals surface area contributed by atoms with Crippen LogP contribution in [0.5, 0.6) is 0 Å². The van der Waals surface area contributed by atoms with Crippen molar-refractivity contribution in [2.75, 3.05) is 26.2 Å². The van der Waals surface area contributed by atoms with E-state index in [1.807, 2.05) is 12.1 Å². The molecule has 1 atom stereocenters. The zero-order valence-corrected chi connectivity index (χ0v) is 14.0. The molecule has 0 aliphatic carbocycles. The average molecular weight is 339 g/mol. The van der Waals surface area contributed by atoms with Crippen molar-refractivity contribution in [1.82, 2.24) is 10.2 Å². The van der Waals surface area contributed by atoms with Crippen LogP contribution in [0.25, 0.3) is 10.1 Å². The zero-order chi connectivity index (χ0) is 15.5. The van der Waals surface area contributed by atoms with Crippen LogP contribution >= 0.6 is 22.9 Å². The van der Waals surface area contributed by atoms with Crippen LogP contribution in [-0.4, -0.2) is 43.2 Å². The topological polar surface area (TPSA) is 41.6 Å². The molecule has 1 N–H and O–H groups in total. The van der Waals surface area contributed by atoms with Crippen molar-refractivity contribution in [2.45, 2.75) is 19.6 Å². The highest BCUT2D eigenvalue weighted by Gasteiger charge is 2.22. The molecule has 3 rings (SSSR count). The quantitative estimate of drug-likeness (QED) is 0.932. The number of amides is 1. The van der Waals surface area contributed by atoms with Gasteiger partial charge in [0, 0.05) is 48.1 Å². The van der Waals surface area contributed by atoms with Crippen LogP contribution in [0.4, 0.5) is 0 Å². The number of morpholine rings is 1. The van der Waals surface area contributed by atoms with Gasteiger partial charge in [0.1, 0.15) is 0 Å². The fourth-order valence-corrected chi connectivity index (χ4v) is 4.21. The average Bonchev–Trinajstić information content (AvgIpc) is 2.82. The second-order valence-corrected chi connectivity index (χ2v) is 7.02. The van der Waals surface area contributed by atoms with E-state index in [9.17, 15) is 4.79 Å². The number of benzene rings is 1. The highest BCUT2D eigenvalue weighted by Crippen LogP contribution is 2.36. The van der Waals surface area contributed by atoms with E-state index in [1.165, 1.54) is 16.5 Å². The third-order valence-corrected chi connectivity index (χ3v) is 5.47. The van der Waals surface area contributed by atoms with Gasteiger partial charge in [-0.2, -0.15) is 0 Å². The Labute approximate surface area is 139 Å². The molecule has 1 aliphatic rings. The molecular weight excluding hydrogens is 320 g/mol. The summed E-state index contributed by atoms with van der Waals surface area (Å²) in [6.45, 7) is 5.31. The summed E-state index contributed by atoms with van der Waals surface area (Å²) in [6, 6.07) is 8.23. The lowest BCUT2D eigenvalue weighted by molar-refractivity contribution is -0.120. The molecule has 2 aromatic rings. The van der Waals surface area contributed by atoms with Crippen molar-refractivity contribution >= 4 is 38.9 Å². The molecule has 1 aromatic heterocycles. The first-order chi connectivity index (χ1) is 10.6. The molecule has 22 heavy (non-hydrogen) atoms. The molecule has 1 saturated heterocycles. The van der Waals surface area contributed by atoms with Crippen LogP contribution in [0.2, 0.25) is 5.02 Å². The van der Waals surface area contributed by atoms with Crippen molar-refractivity contribution in [3.8, 4) is 0 Å². The van der Waals surface area contributed by atoms with Gasteiger partial charge in [-0.15, -0.1) is 11.3 Å². The number of halogens is 1. The van der Waals surface area contributed by atoms with Crippen LogP contribution in [0.15, 0.2) is 24.3 Å². The minimum atomic E-state index is -0.0201.